The summed E-state index contributed by atoms with van der Waals surface area (Å²) in [4.78, 5) is 20.3. The van der Waals surface area contributed by atoms with Crippen LogP contribution in [0.25, 0.3) is 0 Å². The quantitative estimate of drug-likeness (QED) is 0.749. The van der Waals surface area contributed by atoms with E-state index in [4.69, 9.17) is 11.6 Å². The number of carbonyl (C=O) groups is 1. The van der Waals surface area contributed by atoms with Crippen molar-refractivity contribution in [3.63, 3.8) is 0 Å². The van der Waals surface area contributed by atoms with Gasteiger partial charge in [-0.1, -0.05) is 37.4 Å². The number of aromatic nitrogens is 2. The topological polar surface area (TPSA) is 66.9 Å². The van der Waals surface area contributed by atoms with Gasteiger partial charge in [-0.15, -0.1) is 0 Å². The van der Waals surface area contributed by atoms with Crippen LogP contribution in [0, 0.1) is 6.92 Å². The molecule has 1 heterocycles. The molecule has 122 valence electrons. The van der Waals surface area contributed by atoms with Crippen LogP contribution in [0.1, 0.15) is 42.2 Å². The van der Waals surface area contributed by atoms with E-state index in [0.717, 1.165) is 30.5 Å². The van der Waals surface area contributed by atoms with Gasteiger partial charge >= 0.3 is 0 Å². The van der Waals surface area contributed by atoms with E-state index in [1.165, 1.54) is 6.20 Å². The maximum atomic E-state index is 11.9. The van der Waals surface area contributed by atoms with Crippen LogP contribution in [-0.2, 0) is 0 Å². The molecule has 0 atom stereocenters. The lowest BCUT2D eigenvalue weighted by Gasteiger charge is -2.09. The van der Waals surface area contributed by atoms with Crippen LogP contribution in [0.15, 0.2) is 30.6 Å². The molecule has 1 aromatic heterocycles. The molecule has 23 heavy (non-hydrogen) atoms. The molecule has 0 unspecified atom stereocenters. The molecular formula is C17H21ClN4O. The second kappa shape index (κ2) is 8.48. The molecule has 6 heteroatoms. The minimum absolute atomic E-state index is 0.195. The molecule has 2 N–H and O–H groups in total. The molecule has 2 aromatic rings. The Kier molecular flexibility index (Phi) is 6.35. The summed E-state index contributed by atoms with van der Waals surface area (Å²) in [5.41, 5.74) is 2.23. The van der Waals surface area contributed by atoms with Crippen LogP contribution in [0.2, 0.25) is 5.02 Å². The van der Waals surface area contributed by atoms with E-state index in [1.54, 1.807) is 6.20 Å². The fourth-order valence-electron chi connectivity index (χ4n) is 2.04. The molecule has 0 fully saturated rings. The van der Waals surface area contributed by atoms with E-state index in [1.807, 2.05) is 25.1 Å². The van der Waals surface area contributed by atoms with Gasteiger partial charge in [0.2, 0.25) is 0 Å². The minimum atomic E-state index is -0.195. The number of carbonyl (C=O) groups excluding carboxylic acids is 1. The molecular weight excluding hydrogens is 312 g/mol. The molecule has 5 nitrogen and oxygen atoms in total. The van der Waals surface area contributed by atoms with Gasteiger partial charge in [-0.05, 0) is 31.0 Å². The highest BCUT2D eigenvalue weighted by Crippen LogP contribution is 2.22. The first-order valence-electron chi connectivity index (χ1n) is 7.73. The Balaban J connectivity index is 1.96. The van der Waals surface area contributed by atoms with E-state index in [-0.39, 0.29) is 5.91 Å². The maximum Gasteiger partial charge on any atom is 0.271 e. The number of amides is 1. The predicted octanol–water partition coefficient (Wildman–Crippen LogP) is 4.10. The van der Waals surface area contributed by atoms with E-state index < -0.39 is 0 Å². The average molecular weight is 333 g/mol. The van der Waals surface area contributed by atoms with Crippen molar-refractivity contribution in [1.29, 1.82) is 0 Å². The van der Waals surface area contributed by atoms with Gasteiger partial charge in [0.15, 0.2) is 0 Å². The highest BCUT2D eigenvalue weighted by molar-refractivity contribution is 6.30. The summed E-state index contributed by atoms with van der Waals surface area (Å²) >= 11 is 5.99. The summed E-state index contributed by atoms with van der Waals surface area (Å²) in [7, 11) is 0. The van der Waals surface area contributed by atoms with Crippen molar-refractivity contribution in [1.82, 2.24) is 15.3 Å². The highest BCUT2D eigenvalue weighted by atomic mass is 35.5. The third-order valence-electron chi connectivity index (χ3n) is 3.41. The average Bonchev–Trinajstić information content (AvgIpc) is 2.55. The van der Waals surface area contributed by atoms with Crippen molar-refractivity contribution in [2.45, 2.75) is 33.1 Å². The summed E-state index contributed by atoms with van der Waals surface area (Å²) < 4.78 is 0. The molecule has 0 aliphatic heterocycles. The van der Waals surface area contributed by atoms with Crippen LogP contribution in [-0.4, -0.2) is 22.4 Å². The Hall–Kier alpha value is -2.14. The SMILES string of the molecule is CCCCCNC(=O)c1cnc(Nc2cc(Cl)ccc2C)cn1. The fourth-order valence-corrected chi connectivity index (χ4v) is 2.22. The van der Waals surface area contributed by atoms with Crippen LogP contribution in [0.3, 0.4) is 0 Å². The van der Waals surface area contributed by atoms with Crippen molar-refractivity contribution in [3.05, 3.63) is 46.9 Å². The van der Waals surface area contributed by atoms with Gasteiger partial charge in [-0.2, -0.15) is 0 Å². The van der Waals surface area contributed by atoms with Gasteiger partial charge in [-0.25, -0.2) is 9.97 Å². The molecule has 1 aromatic carbocycles. The Labute approximate surface area is 141 Å². The summed E-state index contributed by atoms with van der Waals surface area (Å²) in [6.45, 7) is 4.76. The second-order valence-electron chi connectivity index (χ2n) is 5.33. The van der Waals surface area contributed by atoms with Crippen molar-refractivity contribution >= 4 is 29.0 Å². The Bertz CT molecular complexity index is 658. The van der Waals surface area contributed by atoms with Crippen LogP contribution < -0.4 is 10.6 Å². The zero-order chi connectivity index (χ0) is 16.7. The maximum absolute atomic E-state index is 11.9. The second-order valence-corrected chi connectivity index (χ2v) is 5.77. The number of hydrogen-bond donors (Lipinski definition) is 2. The van der Waals surface area contributed by atoms with Crippen LogP contribution in [0.4, 0.5) is 11.5 Å². The number of hydrogen-bond acceptors (Lipinski definition) is 4. The highest BCUT2D eigenvalue weighted by Gasteiger charge is 2.08. The third kappa shape index (κ3) is 5.21. The Morgan fingerprint density at radius 1 is 1.22 bits per heavy atom. The predicted molar refractivity (Wildman–Crippen MR) is 93.4 cm³/mol. The van der Waals surface area contributed by atoms with Gasteiger partial charge in [0.05, 0.1) is 12.4 Å². The number of unbranched alkanes of at least 4 members (excludes halogenated alkanes) is 2. The summed E-state index contributed by atoms with van der Waals surface area (Å²) in [6, 6.07) is 5.59. The zero-order valence-corrected chi connectivity index (χ0v) is 14.2. The summed E-state index contributed by atoms with van der Waals surface area (Å²) in [6.07, 6.45) is 6.22. The first-order valence-corrected chi connectivity index (χ1v) is 8.11. The molecule has 0 saturated carbocycles. The standard InChI is InChI=1S/C17H21ClN4O/c1-3-4-5-8-19-17(23)15-10-21-16(11-20-15)22-14-9-13(18)7-6-12(14)2/h6-7,9-11H,3-5,8H2,1-2H3,(H,19,23)(H,21,22). The number of aryl methyl sites for hydroxylation is 1. The number of benzene rings is 1. The fraction of sp³-hybridized carbons (Fsp3) is 0.353. The monoisotopic (exact) mass is 332 g/mol. The van der Waals surface area contributed by atoms with Gasteiger partial charge < -0.3 is 10.6 Å². The molecule has 0 bridgehead atoms. The van der Waals surface area contributed by atoms with Gasteiger partial charge in [0, 0.05) is 17.3 Å². The largest absolute Gasteiger partial charge is 0.351 e. The normalized spacial score (nSPS) is 10.4. The first kappa shape index (κ1) is 17.2. The van der Waals surface area contributed by atoms with E-state index in [0.29, 0.717) is 23.1 Å². The molecule has 0 radical (unpaired) electrons. The summed E-state index contributed by atoms with van der Waals surface area (Å²) in [5.74, 6) is 0.372. The first-order chi connectivity index (χ1) is 11.1. The van der Waals surface area contributed by atoms with Gasteiger partial charge in [0.1, 0.15) is 11.5 Å². The lowest BCUT2D eigenvalue weighted by molar-refractivity contribution is 0.0947. The third-order valence-corrected chi connectivity index (χ3v) is 3.65. The van der Waals surface area contributed by atoms with E-state index >= 15 is 0 Å². The van der Waals surface area contributed by atoms with Gasteiger partial charge in [0.25, 0.3) is 5.91 Å². The lowest BCUT2D eigenvalue weighted by Crippen LogP contribution is -2.25. The lowest BCUT2D eigenvalue weighted by atomic mass is 10.2. The number of anilines is 2. The molecule has 0 aliphatic carbocycles. The number of rotatable bonds is 7. The minimum Gasteiger partial charge on any atom is -0.351 e. The number of nitrogens with zero attached hydrogens (tertiary/aromatic N) is 2. The Morgan fingerprint density at radius 3 is 2.74 bits per heavy atom. The van der Waals surface area contributed by atoms with E-state index in [9.17, 15) is 4.79 Å². The smallest absolute Gasteiger partial charge is 0.271 e. The number of nitrogens with one attached hydrogen (secondary N) is 2. The van der Waals surface area contributed by atoms with Gasteiger partial charge in [-0.3, -0.25) is 4.79 Å². The van der Waals surface area contributed by atoms with E-state index in [2.05, 4.69) is 27.5 Å². The van der Waals surface area contributed by atoms with Crippen LogP contribution in [0.5, 0.6) is 0 Å². The molecule has 0 spiro atoms. The van der Waals surface area contributed by atoms with Crippen molar-refractivity contribution in [2.75, 3.05) is 11.9 Å². The molecule has 1 amide bonds. The molecule has 0 aliphatic rings. The molecule has 2 rings (SSSR count). The van der Waals surface area contributed by atoms with Crippen molar-refractivity contribution < 1.29 is 4.79 Å². The van der Waals surface area contributed by atoms with Crippen LogP contribution >= 0.6 is 11.6 Å². The zero-order valence-electron chi connectivity index (χ0n) is 13.4. The number of halogens is 1. The van der Waals surface area contributed by atoms with Crippen molar-refractivity contribution in [3.8, 4) is 0 Å². The van der Waals surface area contributed by atoms with Crippen molar-refractivity contribution in [2.24, 2.45) is 0 Å². The Morgan fingerprint density at radius 2 is 2.04 bits per heavy atom. The summed E-state index contributed by atoms with van der Waals surface area (Å²) in [5, 5.41) is 6.64. The molecule has 0 saturated heterocycles.